The fraction of sp³-hybridized carbons (Fsp3) is 0.222. The van der Waals surface area contributed by atoms with Gasteiger partial charge in [0.2, 0.25) is 0 Å². The molecule has 0 saturated carbocycles. The van der Waals surface area contributed by atoms with E-state index in [1.165, 1.54) is 0 Å². The highest BCUT2D eigenvalue weighted by molar-refractivity contribution is 9.10. The van der Waals surface area contributed by atoms with Gasteiger partial charge in [-0.25, -0.2) is 0 Å². The largest absolute Gasteiger partial charge is 0.395 e. The third-order valence-corrected chi connectivity index (χ3v) is 3.40. The average Bonchev–Trinajstić information content (AvgIpc) is 2.51. The van der Waals surface area contributed by atoms with Crippen LogP contribution in [0.1, 0.15) is 23.1 Å². The van der Waals surface area contributed by atoms with Crippen LogP contribution in [0.15, 0.2) is 53.0 Å². The molecule has 0 unspecified atom stereocenters. The van der Waals surface area contributed by atoms with Gasteiger partial charge in [-0.3, -0.25) is 0 Å². The molecule has 0 atom stereocenters. The number of hydrogen-bond donors (Lipinski definition) is 1. The molecule has 0 heterocycles. The Kier molecular flexibility index (Phi) is 6.49. The molecule has 0 aliphatic rings. The van der Waals surface area contributed by atoms with E-state index in [9.17, 15) is 0 Å². The number of halogens is 1. The van der Waals surface area contributed by atoms with Gasteiger partial charge in [0.1, 0.15) is 0 Å². The van der Waals surface area contributed by atoms with E-state index < -0.39 is 0 Å². The third-order valence-electron chi connectivity index (χ3n) is 2.87. The zero-order chi connectivity index (χ0) is 14.9. The lowest BCUT2D eigenvalue weighted by Gasteiger charge is -2.05. The summed E-state index contributed by atoms with van der Waals surface area (Å²) >= 11 is 3.41. The maximum Gasteiger partial charge on any atom is 0.0721 e. The first-order chi connectivity index (χ1) is 10.3. The Morgan fingerprint density at radius 3 is 2.05 bits per heavy atom. The van der Waals surface area contributed by atoms with E-state index in [-0.39, 0.29) is 6.61 Å². The fourth-order valence-corrected chi connectivity index (χ4v) is 2.04. The number of hydrogen-bond acceptors (Lipinski definition) is 2. The molecule has 2 aromatic carbocycles. The number of ether oxygens (including phenoxy) is 1. The SMILES string of the molecule is OCCC#Cc1ccc(COCc2ccc(Br)cc2)cc1. The number of rotatable bonds is 5. The maximum atomic E-state index is 8.67. The predicted molar refractivity (Wildman–Crippen MR) is 87.7 cm³/mol. The van der Waals surface area contributed by atoms with E-state index in [4.69, 9.17) is 9.84 Å². The smallest absolute Gasteiger partial charge is 0.0721 e. The van der Waals surface area contributed by atoms with Gasteiger partial charge in [0.05, 0.1) is 19.8 Å². The van der Waals surface area contributed by atoms with E-state index in [1.54, 1.807) is 0 Å². The molecule has 0 saturated heterocycles. The Bertz CT molecular complexity index is 606. The van der Waals surface area contributed by atoms with Gasteiger partial charge in [-0.2, -0.15) is 0 Å². The molecule has 0 radical (unpaired) electrons. The molecule has 2 aromatic rings. The maximum absolute atomic E-state index is 8.67. The Morgan fingerprint density at radius 2 is 1.48 bits per heavy atom. The monoisotopic (exact) mass is 344 g/mol. The van der Waals surface area contributed by atoms with Crippen molar-refractivity contribution in [3.8, 4) is 11.8 Å². The molecule has 21 heavy (non-hydrogen) atoms. The number of aliphatic hydroxyl groups is 1. The molecule has 2 nitrogen and oxygen atoms in total. The van der Waals surface area contributed by atoms with Crippen molar-refractivity contribution in [2.45, 2.75) is 19.6 Å². The van der Waals surface area contributed by atoms with Gasteiger partial charge < -0.3 is 9.84 Å². The minimum absolute atomic E-state index is 0.106. The van der Waals surface area contributed by atoms with Crippen LogP contribution >= 0.6 is 15.9 Å². The van der Waals surface area contributed by atoms with Crippen molar-refractivity contribution in [2.75, 3.05) is 6.61 Å². The molecule has 0 aromatic heterocycles. The van der Waals surface area contributed by atoms with E-state index in [2.05, 4.69) is 27.8 Å². The van der Waals surface area contributed by atoms with Crippen LogP contribution in [0.5, 0.6) is 0 Å². The molecule has 0 spiro atoms. The lowest BCUT2D eigenvalue weighted by atomic mass is 10.1. The molecule has 108 valence electrons. The van der Waals surface area contributed by atoms with E-state index in [0.29, 0.717) is 19.6 Å². The molecule has 0 aliphatic heterocycles. The summed E-state index contributed by atoms with van der Waals surface area (Å²) in [6.45, 7) is 1.29. The van der Waals surface area contributed by atoms with Crippen molar-refractivity contribution >= 4 is 15.9 Å². The van der Waals surface area contributed by atoms with Crippen LogP contribution in [0.4, 0.5) is 0 Å². The second-order valence-corrected chi connectivity index (χ2v) is 5.51. The summed E-state index contributed by atoms with van der Waals surface area (Å²) in [5.41, 5.74) is 3.24. The van der Waals surface area contributed by atoms with Gasteiger partial charge in [-0.15, -0.1) is 0 Å². The zero-order valence-corrected chi connectivity index (χ0v) is 13.3. The molecule has 0 fully saturated rings. The van der Waals surface area contributed by atoms with Crippen molar-refractivity contribution in [1.29, 1.82) is 0 Å². The molecular formula is C18H17BrO2. The normalized spacial score (nSPS) is 10.0. The summed E-state index contributed by atoms with van der Waals surface area (Å²) < 4.78 is 6.77. The summed E-state index contributed by atoms with van der Waals surface area (Å²) in [5.74, 6) is 5.91. The van der Waals surface area contributed by atoms with E-state index in [1.807, 2.05) is 48.5 Å². The van der Waals surface area contributed by atoms with Crippen molar-refractivity contribution in [1.82, 2.24) is 0 Å². The minimum Gasteiger partial charge on any atom is -0.395 e. The fourth-order valence-electron chi connectivity index (χ4n) is 1.77. The third kappa shape index (κ3) is 5.73. The van der Waals surface area contributed by atoms with Crippen molar-refractivity contribution < 1.29 is 9.84 Å². The Balaban J connectivity index is 1.81. The minimum atomic E-state index is 0.106. The number of benzene rings is 2. The summed E-state index contributed by atoms with van der Waals surface area (Å²) in [6, 6.07) is 16.1. The molecular weight excluding hydrogens is 328 g/mol. The Morgan fingerprint density at radius 1 is 0.905 bits per heavy atom. The Labute approximate surface area is 133 Å². The number of aliphatic hydroxyl groups excluding tert-OH is 1. The highest BCUT2D eigenvalue weighted by Gasteiger charge is 1.96. The first-order valence-corrected chi connectivity index (χ1v) is 7.58. The van der Waals surface area contributed by atoms with Crippen LogP contribution in [0.25, 0.3) is 0 Å². The summed E-state index contributed by atoms with van der Waals surface area (Å²) in [4.78, 5) is 0. The first-order valence-electron chi connectivity index (χ1n) is 6.79. The molecule has 2 rings (SSSR count). The van der Waals surface area contributed by atoms with Crippen molar-refractivity contribution in [3.63, 3.8) is 0 Å². The van der Waals surface area contributed by atoms with E-state index in [0.717, 1.165) is 21.2 Å². The second kappa shape index (κ2) is 8.63. The van der Waals surface area contributed by atoms with Crippen LogP contribution in [0.3, 0.4) is 0 Å². The predicted octanol–water partition coefficient (Wildman–Crippen LogP) is 3.90. The van der Waals surface area contributed by atoms with Gasteiger partial charge in [0.25, 0.3) is 0 Å². The van der Waals surface area contributed by atoms with Crippen molar-refractivity contribution in [2.24, 2.45) is 0 Å². The summed E-state index contributed by atoms with van der Waals surface area (Å²) in [5, 5.41) is 8.67. The van der Waals surface area contributed by atoms with Crippen LogP contribution in [0.2, 0.25) is 0 Å². The Hall–Kier alpha value is -1.60. The molecule has 3 heteroatoms. The zero-order valence-electron chi connectivity index (χ0n) is 11.7. The summed E-state index contributed by atoms with van der Waals surface area (Å²) in [7, 11) is 0. The van der Waals surface area contributed by atoms with Gasteiger partial charge in [0, 0.05) is 16.5 Å². The van der Waals surface area contributed by atoms with E-state index >= 15 is 0 Å². The van der Waals surface area contributed by atoms with Crippen LogP contribution in [-0.2, 0) is 18.0 Å². The first kappa shape index (κ1) is 15.8. The lowest BCUT2D eigenvalue weighted by Crippen LogP contribution is -1.94. The lowest BCUT2D eigenvalue weighted by molar-refractivity contribution is 0.107. The van der Waals surface area contributed by atoms with Crippen LogP contribution in [0, 0.1) is 11.8 Å². The summed E-state index contributed by atoms with van der Waals surface area (Å²) in [6.07, 6.45) is 0.512. The van der Waals surface area contributed by atoms with Crippen molar-refractivity contribution in [3.05, 3.63) is 69.7 Å². The highest BCUT2D eigenvalue weighted by Crippen LogP contribution is 2.12. The van der Waals surface area contributed by atoms with Gasteiger partial charge in [0.15, 0.2) is 0 Å². The second-order valence-electron chi connectivity index (χ2n) is 4.59. The highest BCUT2D eigenvalue weighted by atomic mass is 79.9. The van der Waals surface area contributed by atoms with Crippen LogP contribution in [-0.4, -0.2) is 11.7 Å². The van der Waals surface area contributed by atoms with Gasteiger partial charge in [-0.1, -0.05) is 52.0 Å². The average molecular weight is 345 g/mol. The molecule has 0 aliphatic carbocycles. The molecule has 1 N–H and O–H groups in total. The molecule has 0 bridgehead atoms. The topological polar surface area (TPSA) is 29.5 Å². The van der Waals surface area contributed by atoms with Gasteiger partial charge in [-0.05, 0) is 35.4 Å². The standard InChI is InChI=1S/C18H17BrO2/c19-18-10-8-17(9-11-18)14-21-13-16-6-4-15(5-7-16)3-1-2-12-20/h4-11,20H,2,12-14H2. The molecule has 0 amide bonds. The van der Waals surface area contributed by atoms with Crippen LogP contribution < -0.4 is 0 Å². The quantitative estimate of drug-likeness (QED) is 0.833. The van der Waals surface area contributed by atoms with Gasteiger partial charge >= 0.3 is 0 Å².